The topological polar surface area (TPSA) is 47.3 Å². The minimum atomic E-state index is 0.311. The number of nitrogens with one attached hydrogen (secondary N) is 1. The number of halogens is 1. The lowest BCUT2D eigenvalue weighted by Gasteiger charge is -2.26. The van der Waals surface area contributed by atoms with Crippen molar-refractivity contribution in [3.63, 3.8) is 0 Å². The maximum Gasteiger partial charge on any atom is 0.122 e. The monoisotopic (exact) mass is 358 g/mol. The lowest BCUT2D eigenvalue weighted by Crippen LogP contribution is -2.38. The standard InChI is InChI=1S/C15H23BrN2OS/c1-19-15-3-2-13(16)9-12(15)10-14(18-17)8-11-4-6-20-7-5-11/h2-3,9,11,14,18H,4-8,10,17H2,1H3. The van der Waals surface area contributed by atoms with E-state index in [0.29, 0.717) is 6.04 Å². The Bertz CT molecular complexity index is 424. The molecule has 1 aromatic carbocycles. The molecule has 3 nitrogen and oxygen atoms in total. The van der Waals surface area contributed by atoms with Gasteiger partial charge in [0, 0.05) is 10.5 Å². The maximum absolute atomic E-state index is 5.76. The molecule has 1 atom stereocenters. The SMILES string of the molecule is COc1ccc(Br)cc1CC(CC1CCSCC1)NN. The van der Waals surface area contributed by atoms with Crippen LogP contribution >= 0.6 is 27.7 Å². The minimum Gasteiger partial charge on any atom is -0.496 e. The van der Waals surface area contributed by atoms with Crippen molar-refractivity contribution in [2.45, 2.75) is 31.7 Å². The van der Waals surface area contributed by atoms with E-state index in [2.05, 4.69) is 39.2 Å². The smallest absolute Gasteiger partial charge is 0.122 e. The van der Waals surface area contributed by atoms with Crippen LogP contribution < -0.4 is 16.0 Å². The molecule has 1 saturated heterocycles. The van der Waals surface area contributed by atoms with Gasteiger partial charge in [0.25, 0.3) is 0 Å². The summed E-state index contributed by atoms with van der Waals surface area (Å²) in [5.74, 6) is 10.1. The second-order valence-corrected chi connectivity index (χ2v) is 7.46. The molecular formula is C15H23BrN2OS. The second kappa shape index (κ2) is 8.27. The number of thioether (sulfide) groups is 1. The zero-order valence-electron chi connectivity index (χ0n) is 11.9. The molecular weight excluding hydrogens is 336 g/mol. The first kappa shape index (κ1) is 16.1. The lowest BCUT2D eigenvalue weighted by molar-refractivity contribution is 0.359. The van der Waals surface area contributed by atoms with Gasteiger partial charge in [-0.15, -0.1) is 0 Å². The molecule has 5 heteroatoms. The highest BCUT2D eigenvalue weighted by molar-refractivity contribution is 9.10. The summed E-state index contributed by atoms with van der Waals surface area (Å²) in [6, 6.07) is 6.45. The minimum absolute atomic E-state index is 0.311. The summed E-state index contributed by atoms with van der Waals surface area (Å²) in [4.78, 5) is 0. The zero-order chi connectivity index (χ0) is 14.4. The maximum atomic E-state index is 5.76. The van der Waals surface area contributed by atoms with Gasteiger partial charge in [-0.05, 0) is 66.9 Å². The number of nitrogens with two attached hydrogens (primary N) is 1. The molecule has 0 bridgehead atoms. The molecule has 0 aromatic heterocycles. The number of methoxy groups -OCH3 is 1. The van der Waals surface area contributed by atoms with Crippen LogP contribution in [0.5, 0.6) is 5.75 Å². The van der Waals surface area contributed by atoms with Gasteiger partial charge in [0.2, 0.25) is 0 Å². The molecule has 2 rings (SSSR count). The summed E-state index contributed by atoms with van der Waals surface area (Å²) in [5.41, 5.74) is 4.19. The Morgan fingerprint density at radius 2 is 2.20 bits per heavy atom. The summed E-state index contributed by atoms with van der Waals surface area (Å²) in [5, 5.41) is 0. The van der Waals surface area contributed by atoms with Crippen molar-refractivity contribution in [2.24, 2.45) is 11.8 Å². The molecule has 0 aliphatic carbocycles. The van der Waals surface area contributed by atoms with Crippen LogP contribution in [0, 0.1) is 5.92 Å². The predicted octanol–water partition coefficient (Wildman–Crippen LogP) is 3.37. The highest BCUT2D eigenvalue weighted by Gasteiger charge is 2.20. The summed E-state index contributed by atoms with van der Waals surface area (Å²) < 4.78 is 6.52. The Morgan fingerprint density at radius 1 is 1.45 bits per heavy atom. The van der Waals surface area contributed by atoms with Crippen LogP contribution in [-0.2, 0) is 6.42 Å². The molecule has 1 fully saturated rings. The number of hydrogen-bond donors (Lipinski definition) is 2. The Balaban J connectivity index is 1.99. The highest BCUT2D eigenvalue weighted by Crippen LogP contribution is 2.29. The van der Waals surface area contributed by atoms with E-state index in [1.807, 2.05) is 12.1 Å². The van der Waals surface area contributed by atoms with E-state index < -0.39 is 0 Å². The Labute approximate surface area is 134 Å². The van der Waals surface area contributed by atoms with E-state index in [-0.39, 0.29) is 0 Å². The van der Waals surface area contributed by atoms with Crippen molar-refractivity contribution in [2.75, 3.05) is 18.6 Å². The molecule has 0 radical (unpaired) electrons. The number of hydrazine groups is 1. The van der Waals surface area contributed by atoms with Gasteiger partial charge in [0.05, 0.1) is 7.11 Å². The quantitative estimate of drug-likeness (QED) is 0.604. The van der Waals surface area contributed by atoms with Crippen molar-refractivity contribution in [1.82, 2.24) is 5.43 Å². The van der Waals surface area contributed by atoms with Gasteiger partial charge in [-0.2, -0.15) is 11.8 Å². The van der Waals surface area contributed by atoms with Gasteiger partial charge in [0.1, 0.15) is 5.75 Å². The summed E-state index contributed by atoms with van der Waals surface area (Å²) in [6.07, 6.45) is 4.69. The fourth-order valence-electron chi connectivity index (χ4n) is 2.77. The van der Waals surface area contributed by atoms with Crippen LogP contribution in [0.1, 0.15) is 24.8 Å². The fourth-order valence-corrected chi connectivity index (χ4v) is 4.38. The van der Waals surface area contributed by atoms with E-state index in [9.17, 15) is 0 Å². The van der Waals surface area contributed by atoms with Crippen LogP contribution in [0.3, 0.4) is 0 Å². The Hall–Kier alpha value is -0.230. The lowest BCUT2D eigenvalue weighted by atomic mass is 9.91. The first-order valence-corrected chi connectivity index (χ1v) is 9.04. The largest absolute Gasteiger partial charge is 0.496 e. The molecule has 3 N–H and O–H groups in total. The molecule has 1 aromatic rings. The molecule has 20 heavy (non-hydrogen) atoms. The normalized spacial score (nSPS) is 17.9. The molecule has 112 valence electrons. The second-order valence-electron chi connectivity index (χ2n) is 5.32. The number of ether oxygens (including phenoxy) is 1. The van der Waals surface area contributed by atoms with Gasteiger partial charge >= 0.3 is 0 Å². The summed E-state index contributed by atoms with van der Waals surface area (Å²) in [6.45, 7) is 0. The van der Waals surface area contributed by atoms with Crippen molar-refractivity contribution in [3.8, 4) is 5.75 Å². The average molecular weight is 359 g/mol. The first-order valence-electron chi connectivity index (χ1n) is 7.09. The van der Waals surface area contributed by atoms with Crippen LogP contribution in [0.15, 0.2) is 22.7 Å². The molecule has 0 spiro atoms. The van der Waals surface area contributed by atoms with E-state index in [0.717, 1.165) is 29.0 Å². The van der Waals surface area contributed by atoms with Crippen molar-refractivity contribution in [3.05, 3.63) is 28.2 Å². The molecule has 1 aliphatic heterocycles. The van der Waals surface area contributed by atoms with E-state index in [1.165, 1.54) is 29.9 Å². The van der Waals surface area contributed by atoms with Crippen LogP contribution in [0.4, 0.5) is 0 Å². The molecule has 1 unspecified atom stereocenters. The van der Waals surface area contributed by atoms with Crippen LogP contribution in [0.2, 0.25) is 0 Å². The van der Waals surface area contributed by atoms with Gasteiger partial charge in [0.15, 0.2) is 0 Å². The van der Waals surface area contributed by atoms with Crippen LogP contribution in [-0.4, -0.2) is 24.7 Å². The number of rotatable bonds is 6. The third-order valence-electron chi connectivity index (χ3n) is 3.90. The number of hydrogen-bond acceptors (Lipinski definition) is 4. The van der Waals surface area contributed by atoms with Gasteiger partial charge in [-0.3, -0.25) is 11.3 Å². The average Bonchev–Trinajstić information content (AvgIpc) is 2.48. The van der Waals surface area contributed by atoms with Gasteiger partial charge < -0.3 is 4.74 Å². The predicted molar refractivity (Wildman–Crippen MR) is 90.2 cm³/mol. The third-order valence-corrected chi connectivity index (χ3v) is 5.45. The molecule has 1 aliphatic rings. The van der Waals surface area contributed by atoms with E-state index in [4.69, 9.17) is 10.6 Å². The first-order chi connectivity index (χ1) is 9.72. The van der Waals surface area contributed by atoms with Crippen LogP contribution in [0.25, 0.3) is 0 Å². The summed E-state index contributed by atoms with van der Waals surface area (Å²) >= 11 is 5.59. The summed E-state index contributed by atoms with van der Waals surface area (Å²) in [7, 11) is 1.72. The van der Waals surface area contributed by atoms with Gasteiger partial charge in [-0.1, -0.05) is 15.9 Å². The highest BCUT2D eigenvalue weighted by atomic mass is 79.9. The van der Waals surface area contributed by atoms with E-state index in [1.54, 1.807) is 7.11 Å². The Morgan fingerprint density at radius 3 is 2.85 bits per heavy atom. The molecule has 0 saturated carbocycles. The Kier molecular flexibility index (Phi) is 6.68. The van der Waals surface area contributed by atoms with Gasteiger partial charge in [-0.25, -0.2) is 0 Å². The van der Waals surface area contributed by atoms with Crippen molar-refractivity contribution in [1.29, 1.82) is 0 Å². The molecule has 0 amide bonds. The number of benzene rings is 1. The van der Waals surface area contributed by atoms with E-state index >= 15 is 0 Å². The fraction of sp³-hybridized carbons (Fsp3) is 0.600. The zero-order valence-corrected chi connectivity index (χ0v) is 14.3. The molecule has 1 heterocycles. The van der Waals surface area contributed by atoms with Crippen molar-refractivity contribution >= 4 is 27.7 Å². The third kappa shape index (κ3) is 4.65. The van der Waals surface area contributed by atoms with Crippen molar-refractivity contribution < 1.29 is 4.74 Å².